The molecule has 0 heterocycles. The lowest BCUT2D eigenvalue weighted by atomic mass is 9.99. The molecule has 0 spiro atoms. The Balaban J connectivity index is 2.76. The summed E-state index contributed by atoms with van der Waals surface area (Å²) >= 11 is 0. The van der Waals surface area contributed by atoms with E-state index >= 15 is 0 Å². The quantitative estimate of drug-likeness (QED) is 0.647. The Hall–Kier alpha value is -1.39. The van der Waals surface area contributed by atoms with Gasteiger partial charge in [-0.2, -0.15) is 0 Å². The molecule has 0 saturated heterocycles. The van der Waals surface area contributed by atoms with Crippen LogP contribution < -0.4 is 5.32 Å². The van der Waals surface area contributed by atoms with E-state index in [0.717, 1.165) is 5.56 Å². The highest BCUT2D eigenvalue weighted by atomic mass is 16.4. The van der Waals surface area contributed by atoms with Crippen molar-refractivity contribution in [3.63, 3.8) is 0 Å². The van der Waals surface area contributed by atoms with Gasteiger partial charge in [-0.3, -0.25) is 4.79 Å². The van der Waals surface area contributed by atoms with Crippen molar-refractivity contribution >= 4 is 5.97 Å². The number of aliphatic hydroxyl groups excluding tert-OH is 1. The summed E-state index contributed by atoms with van der Waals surface area (Å²) in [5, 5.41) is 20.8. The maximum atomic E-state index is 11.2. The van der Waals surface area contributed by atoms with Crippen LogP contribution in [0.4, 0.5) is 0 Å². The summed E-state index contributed by atoms with van der Waals surface area (Å²) in [5.41, 5.74) is 1.93. The van der Waals surface area contributed by atoms with Crippen LogP contribution in [0.25, 0.3) is 0 Å². The molecule has 1 unspecified atom stereocenters. The summed E-state index contributed by atoms with van der Waals surface area (Å²) in [4.78, 5) is 11.2. The third kappa shape index (κ3) is 4.13. The van der Waals surface area contributed by atoms with Gasteiger partial charge >= 0.3 is 5.97 Å². The summed E-state index contributed by atoms with van der Waals surface area (Å²) in [5.74, 6) is -0.463. The normalized spacial score (nSPS) is 12.7. The van der Waals surface area contributed by atoms with Gasteiger partial charge in [0.25, 0.3) is 0 Å². The molecule has 0 saturated carbocycles. The molecule has 18 heavy (non-hydrogen) atoms. The zero-order valence-corrected chi connectivity index (χ0v) is 10.9. The SMILES string of the molecule is CC(C)c1ccc(C(NCCCO)C(=O)O)cc1. The first-order chi connectivity index (χ1) is 8.56. The van der Waals surface area contributed by atoms with E-state index in [1.807, 2.05) is 24.3 Å². The summed E-state index contributed by atoms with van der Waals surface area (Å²) in [6, 6.07) is 6.91. The van der Waals surface area contributed by atoms with E-state index in [2.05, 4.69) is 19.2 Å². The highest BCUT2D eigenvalue weighted by Crippen LogP contribution is 2.19. The average Bonchev–Trinajstić information content (AvgIpc) is 2.34. The third-order valence-corrected chi connectivity index (χ3v) is 2.87. The molecule has 0 aliphatic rings. The van der Waals surface area contributed by atoms with E-state index in [-0.39, 0.29) is 6.61 Å². The lowest BCUT2D eigenvalue weighted by molar-refractivity contribution is -0.139. The molecule has 4 nitrogen and oxygen atoms in total. The Kier molecular flexibility index (Phi) is 5.82. The van der Waals surface area contributed by atoms with Gasteiger partial charge in [0, 0.05) is 6.61 Å². The second-order valence-electron chi connectivity index (χ2n) is 4.62. The molecule has 0 amide bonds. The lowest BCUT2D eigenvalue weighted by Gasteiger charge is -2.15. The summed E-state index contributed by atoms with van der Waals surface area (Å²) in [7, 11) is 0. The second-order valence-corrected chi connectivity index (χ2v) is 4.62. The van der Waals surface area contributed by atoms with Gasteiger partial charge in [-0.15, -0.1) is 0 Å². The minimum Gasteiger partial charge on any atom is -0.480 e. The Morgan fingerprint density at radius 3 is 2.22 bits per heavy atom. The maximum absolute atomic E-state index is 11.2. The van der Waals surface area contributed by atoms with Crippen molar-refractivity contribution in [2.75, 3.05) is 13.2 Å². The van der Waals surface area contributed by atoms with Crippen LogP contribution in [0.5, 0.6) is 0 Å². The number of hydrogen-bond acceptors (Lipinski definition) is 3. The molecule has 0 fully saturated rings. The van der Waals surface area contributed by atoms with Crippen molar-refractivity contribution in [3.8, 4) is 0 Å². The smallest absolute Gasteiger partial charge is 0.325 e. The summed E-state index contributed by atoms with van der Waals surface area (Å²) in [6.07, 6.45) is 0.549. The molecule has 0 bridgehead atoms. The van der Waals surface area contributed by atoms with Crippen LogP contribution in [0, 0.1) is 0 Å². The predicted molar refractivity (Wildman–Crippen MR) is 70.6 cm³/mol. The van der Waals surface area contributed by atoms with Gasteiger partial charge in [0.1, 0.15) is 6.04 Å². The standard InChI is InChI=1S/C14H21NO3/c1-10(2)11-4-6-12(7-5-11)13(14(17)18)15-8-3-9-16/h4-7,10,13,15-16H,3,8-9H2,1-2H3,(H,17,18). The Morgan fingerprint density at radius 2 is 1.78 bits per heavy atom. The number of aliphatic hydroxyl groups is 1. The minimum atomic E-state index is -0.898. The van der Waals surface area contributed by atoms with Gasteiger partial charge in [0.15, 0.2) is 0 Å². The van der Waals surface area contributed by atoms with Crippen molar-refractivity contribution in [1.29, 1.82) is 0 Å². The second kappa shape index (κ2) is 7.13. The van der Waals surface area contributed by atoms with E-state index in [4.69, 9.17) is 5.11 Å². The van der Waals surface area contributed by atoms with Crippen LogP contribution in [-0.4, -0.2) is 29.3 Å². The number of rotatable bonds is 7. The third-order valence-electron chi connectivity index (χ3n) is 2.87. The molecule has 4 heteroatoms. The number of carbonyl (C=O) groups is 1. The highest BCUT2D eigenvalue weighted by molar-refractivity contribution is 5.75. The lowest BCUT2D eigenvalue weighted by Crippen LogP contribution is -2.29. The number of carboxylic acids is 1. The minimum absolute atomic E-state index is 0.0611. The van der Waals surface area contributed by atoms with Crippen LogP contribution in [0.1, 0.15) is 43.4 Å². The molecule has 0 radical (unpaired) electrons. The fourth-order valence-electron chi connectivity index (χ4n) is 1.75. The average molecular weight is 251 g/mol. The van der Waals surface area contributed by atoms with Crippen LogP contribution in [0.15, 0.2) is 24.3 Å². The molecule has 1 rings (SSSR count). The molecule has 0 aliphatic heterocycles. The molecule has 1 aromatic rings. The number of hydrogen-bond donors (Lipinski definition) is 3. The van der Waals surface area contributed by atoms with Gasteiger partial charge in [-0.25, -0.2) is 0 Å². The van der Waals surface area contributed by atoms with E-state index in [0.29, 0.717) is 18.9 Å². The number of carboxylic acid groups (broad SMARTS) is 1. The number of aliphatic carboxylic acids is 1. The predicted octanol–water partition coefficient (Wildman–Crippen LogP) is 1.91. The molecule has 0 aliphatic carbocycles. The van der Waals surface area contributed by atoms with Crippen LogP contribution in [-0.2, 0) is 4.79 Å². The molecule has 3 N–H and O–H groups in total. The number of nitrogens with one attached hydrogen (secondary N) is 1. The molecular weight excluding hydrogens is 230 g/mol. The number of benzene rings is 1. The largest absolute Gasteiger partial charge is 0.480 e. The van der Waals surface area contributed by atoms with Crippen LogP contribution >= 0.6 is 0 Å². The van der Waals surface area contributed by atoms with Gasteiger partial charge < -0.3 is 15.5 Å². The van der Waals surface area contributed by atoms with Crippen molar-refractivity contribution in [1.82, 2.24) is 5.32 Å². The maximum Gasteiger partial charge on any atom is 0.325 e. The monoisotopic (exact) mass is 251 g/mol. The summed E-state index contributed by atoms with van der Waals surface area (Å²) < 4.78 is 0. The van der Waals surface area contributed by atoms with E-state index in [1.165, 1.54) is 5.56 Å². The van der Waals surface area contributed by atoms with Gasteiger partial charge in [-0.05, 0) is 30.0 Å². The van der Waals surface area contributed by atoms with E-state index in [9.17, 15) is 9.90 Å². The van der Waals surface area contributed by atoms with Crippen LogP contribution in [0.3, 0.4) is 0 Å². The van der Waals surface area contributed by atoms with Crippen LogP contribution in [0.2, 0.25) is 0 Å². The first-order valence-electron chi connectivity index (χ1n) is 6.23. The first kappa shape index (κ1) is 14.7. The van der Waals surface area contributed by atoms with Gasteiger partial charge in [0.2, 0.25) is 0 Å². The zero-order chi connectivity index (χ0) is 13.5. The summed E-state index contributed by atoms with van der Waals surface area (Å²) in [6.45, 7) is 4.75. The van der Waals surface area contributed by atoms with Crippen molar-refractivity contribution < 1.29 is 15.0 Å². The molecular formula is C14H21NO3. The Bertz CT molecular complexity index is 373. The fourth-order valence-corrected chi connectivity index (χ4v) is 1.75. The fraction of sp³-hybridized carbons (Fsp3) is 0.500. The first-order valence-corrected chi connectivity index (χ1v) is 6.23. The molecule has 1 aromatic carbocycles. The van der Waals surface area contributed by atoms with E-state index in [1.54, 1.807) is 0 Å². The Labute approximate surface area is 108 Å². The molecule has 1 atom stereocenters. The van der Waals surface area contributed by atoms with Gasteiger partial charge in [0.05, 0.1) is 0 Å². The van der Waals surface area contributed by atoms with Crippen molar-refractivity contribution in [2.45, 2.75) is 32.2 Å². The van der Waals surface area contributed by atoms with E-state index < -0.39 is 12.0 Å². The van der Waals surface area contributed by atoms with Crippen molar-refractivity contribution in [2.24, 2.45) is 0 Å². The zero-order valence-electron chi connectivity index (χ0n) is 10.9. The van der Waals surface area contributed by atoms with Crippen molar-refractivity contribution in [3.05, 3.63) is 35.4 Å². The molecule has 0 aromatic heterocycles. The highest BCUT2D eigenvalue weighted by Gasteiger charge is 2.18. The molecule has 100 valence electrons. The Morgan fingerprint density at radius 1 is 1.22 bits per heavy atom. The van der Waals surface area contributed by atoms with Gasteiger partial charge in [-0.1, -0.05) is 38.1 Å². The topological polar surface area (TPSA) is 69.6 Å².